The Balaban J connectivity index is 1.88. The summed E-state index contributed by atoms with van der Waals surface area (Å²) >= 11 is 0. The Kier molecular flexibility index (Phi) is 8.73. The van der Waals surface area contributed by atoms with E-state index in [-0.39, 0.29) is 23.7 Å². The fourth-order valence-electron chi connectivity index (χ4n) is 3.58. The van der Waals surface area contributed by atoms with E-state index in [1.807, 2.05) is 30.3 Å². The lowest BCUT2D eigenvalue weighted by atomic mass is 10.1. The molecule has 0 atom stereocenters. The van der Waals surface area contributed by atoms with Crippen LogP contribution in [0.2, 0.25) is 0 Å². The Hall–Kier alpha value is -3.56. The zero-order valence-electron chi connectivity index (χ0n) is 20.3. The number of sulfonamides is 1. The minimum atomic E-state index is -4.04. The number of carbonyl (C=O) groups excluding carboxylic acids is 1. The van der Waals surface area contributed by atoms with Crippen molar-refractivity contribution in [2.75, 3.05) is 39.7 Å². The summed E-state index contributed by atoms with van der Waals surface area (Å²) in [5, 5.41) is 2.75. The molecule has 3 aromatic carbocycles. The van der Waals surface area contributed by atoms with E-state index in [0.717, 1.165) is 11.1 Å². The van der Waals surface area contributed by atoms with Crippen LogP contribution in [0, 0.1) is 6.92 Å². The lowest BCUT2D eigenvalue weighted by molar-refractivity contribution is -0.116. The number of amides is 1. The first-order chi connectivity index (χ1) is 16.8. The third-order valence-electron chi connectivity index (χ3n) is 5.42. The fourth-order valence-corrected chi connectivity index (χ4v) is 5.22. The quantitative estimate of drug-likeness (QED) is 0.431. The van der Waals surface area contributed by atoms with Crippen LogP contribution in [0.25, 0.3) is 0 Å². The number of carbonyl (C=O) groups is 1. The molecule has 0 aromatic heterocycles. The summed E-state index contributed by atoms with van der Waals surface area (Å²) in [5.41, 5.74) is 2.19. The normalized spacial score (nSPS) is 11.2. The number of nitrogens with zero attached hydrogens (tertiary/aromatic N) is 1. The van der Waals surface area contributed by atoms with Crippen LogP contribution in [0.1, 0.15) is 11.1 Å². The topological polar surface area (TPSA) is 94.2 Å². The molecule has 186 valence electrons. The average molecular weight is 499 g/mol. The first kappa shape index (κ1) is 26.1. The summed E-state index contributed by atoms with van der Waals surface area (Å²) in [6, 6.07) is 19.4. The number of rotatable bonds is 11. The number of benzene rings is 3. The van der Waals surface area contributed by atoms with Gasteiger partial charge in [-0.25, -0.2) is 8.42 Å². The Labute approximate surface area is 206 Å². The van der Waals surface area contributed by atoms with Crippen LogP contribution in [0.15, 0.2) is 71.6 Å². The van der Waals surface area contributed by atoms with Gasteiger partial charge in [-0.2, -0.15) is 4.31 Å². The molecule has 9 heteroatoms. The molecule has 0 spiro atoms. The number of ether oxygens (including phenoxy) is 3. The molecular formula is C26H30N2O6S. The van der Waals surface area contributed by atoms with Gasteiger partial charge in [0.25, 0.3) is 0 Å². The molecule has 0 aliphatic heterocycles. The molecule has 0 saturated heterocycles. The second-order valence-electron chi connectivity index (χ2n) is 7.85. The molecular weight excluding hydrogens is 468 g/mol. The van der Waals surface area contributed by atoms with E-state index in [1.54, 1.807) is 43.3 Å². The Morgan fingerprint density at radius 1 is 0.857 bits per heavy atom. The maximum atomic E-state index is 13.7. The minimum Gasteiger partial charge on any atom is -0.495 e. The van der Waals surface area contributed by atoms with Gasteiger partial charge in [-0.1, -0.05) is 36.4 Å². The fraction of sp³-hybridized carbons (Fsp3) is 0.269. The van der Waals surface area contributed by atoms with Crippen LogP contribution >= 0.6 is 0 Å². The second-order valence-corrected chi connectivity index (χ2v) is 9.75. The molecule has 1 N–H and O–H groups in total. The van der Waals surface area contributed by atoms with Gasteiger partial charge in [-0.15, -0.1) is 0 Å². The van der Waals surface area contributed by atoms with Gasteiger partial charge in [0.2, 0.25) is 15.9 Å². The number of anilines is 1. The third-order valence-corrected chi connectivity index (χ3v) is 7.28. The van der Waals surface area contributed by atoms with Crippen molar-refractivity contribution in [2.24, 2.45) is 0 Å². The van der Waals surface area contributed by atoms with E-state index in [0.29, 0.717) is 23.6 Å². The average Bonchev–Trinajstić information content (AvgIpc) is 2.86. The zero-order valence-corrected chi connectivity index (χ0v) is 21.1. The van der Waals surface area contributed by atoms with Gasteiger partial charge in [0.05, 0.1) is 27.9 Å². The van der Waals surface area contributed by atoms with E-state index < -0.39 is 15.9 Å². The molecule has 0 unspecified atom stereocenters. The van der Waals surface area contributed by atoms with Crippen LogP contribution in [0.5, 0.6) is 17.2 Å². The summed E-state index contributed by atoms with van der Waals surface area (Å²) in [4.78, 5) is 13.0. The number of hydrogen-bond acceptors (Lipinski definition) is 6. The van der Waals surface area contributed by atoms with Crippen molar-refractivity contribution in [3.63, 3.8) is 0 Å². The van der Waals surface area contributed by atoms with Crippen molar-refractivity contribution in [3.05, 3.63) is 77.9 Å². The van der Waals surface area contributed by atoms with Gasteiger partial charge in [0.1, 0.15) is 10.6 Å². The first-order valence-electron chi connectivity index (χ1n) is 11.0. The molecule has 0 radical (unpaired) electrons. The van der Waals surface area contributed by atoms with Crippen LogP contribution in [-0.4, -0.2) is 53.0 Å². The van der Waals surface area contributed by atoms with Crippen molar-refractivity contribution in [3.8, 4) is 17.2 Å². The molecule has 1 amide bonds. The standard InChI is InChI=1S/C26H30N2O6S/c1-19-10-12-23(33-3)25(16-19)35(30,31)28(15-14-20-8-6-5-7-9-20)18-26(29)27-21-11-13-22(32-2)24(17-21)34-4/h5-13,16-17H,14-15,18H2,1-4H3,(H,27,29). The van der Waals surface area contributed by atoms with Gasteiger partial charge in [-0.05, 0) is 48.7 Å². The second kappa shape index (κ2) is 11.7. The largest absolute Gasteiger partial charge is 0.495 e. The molecule has 3 aromatic rings. The van der Waals surface area contributed by atoms with Crippen molar-refractivity contribution < 1.29 is 27.4 Å². The first-order valence-corrected chi connectivity index (χ1v) is 12.4. The third kappa shape index (κ3) is 6.52. The highest BCUT2D eigenvalue weighted by molar-refractivity contribution is 7.89. The Morgan fingerprint density at radius 3 is 2.17 bits per heavy atom. The van der Waals surface area contributed by atoms with Crippen molar-refractivity contribution in [1.29, 1.82) is 0 Å². The predicted octanol–water partition coefficient (Wildman–Crippen LogP) is 3.89. The van der Waals surface area contributed by atoms with Gasteiger partial charge in [-0.3, -0.25) is 4.79 Å². The Morgan fingerprint density at radius 2 is 1.51 bits per heavy atom. The SMILES string of the molecule is COc1ccc(NC(=O)CN(CCc2ccccc2)S(=O)(=O)c2cc(C)ccc2OC)cc1OC. The highest BCUT2D eigenvalue weighted by Gasteiger charge is 2.29. The van der Waals surface area contributed by atoms with Gasteiger partial charge in [0, 0.05) is 18.3 Å². The lowest BCUT2D eigenvalue weighted by Crippen LogP contribution is -2.39. The van der Waals surface area contributed by atoms with Gasteiger partial charge < -0.3 is 19.5 Å². The number of nitrogens with one attached hydrogen (secondary N) is 1. The highest BCUT2D eigenvalue weighted by Crippen LogP contribution is 2.30. The van der Waals surface area contributed by atoms with Crippen LogP contribution < -0.4 is 19.5 Å². The van der Waals surface area contributed by atoms with E-state index in [1.165, 1.54) is 25.6 Å². The summed E-state index contributed by atoms with van der Waals surface area (Å²) in [7, 11) is 0.390. The van der Waals surface area contributed by atoms with Gasteiger partial charge >= 0.3 is 0 Å². The summed E-state index contributed by atoms with van der Waals surface area (Å²) < 4.78 is 44.4. The molecule has 0 saturated carbocycles. The van der Waals surface area contributed by atoms with Crippen molar-refractivity contribution in [1.82, 2.24) is 4.31 Å². The maximum Gasteiger partial charge on any atom is 0.247 e. The minimum absolute atomic E-state index is 0.0204. The molecule has 3 rings (SSSR count). The molecule has 0 aliphatic rings. The van der Waals surface area contributed by atoms with E-state index in [4.69, 9.17) is 14.2 Å². The molecule has 0 aliphatic carbocycles. The van der Waals surface area contributed by atoms with E-state index >= 15 is 0 Å². The molecule has 0 bridgehead atoms. The van der Waals surface area contributed by atoms with Crippen molar-refractivity contribution in [2.45, 2.75) is 18.2 Å². The highest BCUT2D eigenvalue weighted by atomic mass is 32.2. The Bertz CT molecular complexity index is 1260. The van der Waals surface area contributed by atoms with Crippen molar-refractivity contribution >= 4 is 21.6 Å². The molecule has 35 heavy (non-hydrogen) atoms. The van der Waals surface area contributed by atoms with Gasteiger partial charge in [0.15, 0.2) is 11.5 Å². The summed E-state index contributed by atoms with van der Waals surface area (Å²) in [5.74, 6) is 0.702. The molecule has 0 heterocycles. The maximum absolute atomic E-state index is 13.7. The van der Waals surface area contributed by atoms with Crippen LogP contribution in [0.4, 0.5) is 5.69 Å². The number of aryl methyl sites for hydroxylation is 1. The summed E-state index contributed by atoms with van der Waals surface area (Å²) in [6.45, 7) is 1.54. The zero-order chi connectivity index (χ0) is 25.4. The van der Waals surface area contributed by atoms with E-state index in [9.17, 15) is 13.2 Å². The summed E-state index contributed by atoms with van der Waals surface area (Å²) in [6.07, 6.45) is 0.442. The van der Waals surface area contributed by atoms with Crippen LogP contribution in [-0.2, 0) is 21.2 Å². The smallest absolute Gasteiger partial charge is 0.247 e. The number of methoxy groups -OCH3 is 3. The lowest BCUT2D eigenvalue weighted by Gasteiger charge is -2.23. The van der Waals surface area contributed by atoms with E-state index in [2.05, 4.69) is 5.32 Å². The monoisotopic (exact) mass is 498 g/mol. The number of hydrogen-bond donors (Lipinski definition) is 1. The molecule has 0 fully saturated rings. The predicted molar refractivity (Wildman–Crippen MR) is 135 cm³/mol. The molecule has 8 nitrogen and oxygen atoms in total. The van der Waals surface area contributed by atoms with Crippen LogP contribution in [0.3, 0.4) is 0 Å².